The molecule has 8 nitrogen and oxygen atoms in total. The maximum atomic E-state index is 15.1. The van der Waals surface area contributed by atoms with Gasteiger partial charge in [-0.25, -0.2) is 9.18 Å². The first-order valence-corrected chi connectivity index (χ1v) is 15.4. The molecule has 0 saturated carbocycles. The van der Waals surface area contributed by atoms with Gasteiger partial charge in [0, 0.05) is 41.3 Å². The molecule has 1 saturated heterocycles. The quantitative estimate of drug-likeness (QED) is 0.127. The summed E-state index contributed by atoms with van der Waals surface area (Å²) in [4.78, 5) is 24.8. The molecule has 0 spiro atoms. The Morgan fingerprint density at radius 2 is 2.05 bits per heavy atom. The number of H-pyrrole nitrogens is 1. The summed E-state index contributed by atoms with van der Waals surface area (Å²) in [6, 6.07) is 13.6. The van der Waals surface area contributed by atoms with Crippen LogP contribution >= 0.6 is 11.6 Å². The molecule has 43 heavy (non-hydrogen) atoms. The van der Waals surface area contributed by atoms with Crippen LogP contribution in [0.4, 0.5) is 4.39 Å². The van der Waals surface area contributed by atoms with Crippen molar-refractivity contribution in [3.63, 3.8) is 0 Å². The number of aromatic nitrogens is 3. The van der Waals surface area contributed by atoms with Gasteiger partial charge in [-0.15, -0.1) is 0 Å². The minimum Gasteiger partial charge on any atom is -0.388 e. The fourth-order valence-corrected chi connectivity index (χ4v) is 6.23. The van der Waals surface area contributed by atoms with Gasteiger partial charge in [-0.1, -0.05) is 23.7 Å². The van der Waals surface area contributed by atoms with Crippen molar-refractivity contribution in [2.45, 2.75) is 83.3 Å². The maximum absolute atomic E-state index is 15.1. The summed E-state index contributed by atoms with van der Waals surface area (Å²) in [5.41, 5.74) is 15.2. The van der Waals surface area contributed by atoms with Gasteiger partial charge in [-0.2, -0.15) is 4.98 Å². The highest BCUT2D eigenvalue weighted by atomic mass is 35.5. The third kappa shape index (κ3) is 7.34. The molecule has 1 aliphatic heterocycles. The van der Waals surface area contributed by atoms with Crippen LogP contribution in [-0.2, 0) is 6.42 Å². The number of nitrogens with one attached hydrogen (secondary N) is 2. The Bertz CT molecular complexity index is 1670. The van der Waals surface area contributed by atoms with E-state index in [-0.39, 0.29) is 22.6 Å². The van der Waals surface area contributed by atoms with E-state index in [2.05, 4.69) is 39.3 Å². The number of hydrogen-bond donors (Lipinski definition) is 4. The number of aromatic amines is 1. The Balaban J connectivity index is 1.37. The summed E-state index contributed by atoms with van der Waals surface area (Å²) in [5, 5.41) is 4.57. The van der Waals surface area contributed by atoms with Crippen molar-refractivity contribution in [2.75, 3.05) is 6.54 Å². The minimum absolute atomic E-state index is 0.00924. The van der Waals surface area contributed by atoms with Crippen molar-refractivity contribution in [3.8, 4) is 16.9 Å². The zero-order valence-corrected chi connectivity index (χ0v) is 25.8. The molecule has 2 aromatic carbocycles. The van der Waals surface area contributed by atoms with E-state index in [0.29, 0.717) is 40.4 Å². The van der Waals surface area contributed by atoms with Crippen LogP contribution in [0.25, 0.3) is 28.0 Å². The van der Waals surface area contributed by atoms with Crippen LogP contribution in [-0.4, -0.2) is 38.5 Å². The zero-order valence-electron chi connectivity index (χ0n) is 25.1. The van der Waals surface area contributed by atoms with Gasteiger partial charge in [-0.3, -0.25) is 9.56 Å². The van der Waals surface area contributed by atoms with E-state index in [1.165, 1.54) is 10.1 Å². The van der Waals surface area contributed by atoms with Gasteiger partial charge in [0.15, 0.2) is 5.82 Å². The first kappa shape index (κ1) is 30.9. The third-order valence-corrected chi connectivity index (χ3v) is 8.63. The smallest absolute Gasteiger partial charge is 0.354 e. The molecule has 3 heterocycles. The summed E-state index contributed by atoms with van der Waals surface area (Å²) >= 11 is 6.26. The molecular weight excluding hydrogens is 565 g/mol. The normalized spacial score (nSPS) is 20.0. The molecule has 0 radical (unpaired) electrons. The summed E-state index contributed by atoms with van der Waals surface area (Å²) in [6.45, 7) is 6.74. The van der Waals surface area contributed by atoms with Crippen LogP contribution in [0, 0.1) is 5.82 Å². The lowest BCUT2D eigenvalue weighted by Gasteiger charge is -2.40. The predicted octanol–water partition coefficient (Wildman–Crippen LogP) is 6.18. The summed E-state index contributed by atoms with van der Waals surface area (Å²) in [5.74, 6) is 0.101. The van der Waals surface area contributed by atoms with Crippen LogP contribution in [0.5, 0.6) is 0 Å². The number of halogens is 2. The highest BCUT2D eigenvalue weighted by molar-refractivity contribution is 6.31. The number of rotatable bonds is 10. The highest BCUT2D eigenvalue weighted by Crippen LogP contribution is 2.34. The van der Waals surface area contributed by atoms with Crippen LogP contribution in [0.1, 0.15) is 76.5 Å². The largest absolute Gasteiger partial charge is 0.388 e. The molecule has 3 atom stereocenters. The lowest BCUT2D eigenvalue weighted by molar-refractivity contribution is 0.215. The molecule has 6 N–H and O–H groups in total. The number of amidine groups is 1. The van der Waals surface area contributed by atoms with Gasteiger partial charge in [0.05, 0.1) is 22.2 Å². The Hall–Kier alpha value is -3.53. The van der Waals surface area contributed by atoms with E-state index < -0.39 is 11.5 Å². The van der Waals surface area contributed by atoms with E-state index in [1.807, 2.05) is 26.0 Å². The standard InChI is InChI=1S/C33H41ClFN7O/c1-20(36)6-4-7-22-16-26(30(35)27(34)17-22)29-18-24-19-42(32(43)40-31(24)39-29)25-11-9-23(10-12-25)28-8-5-13-33(3,41-28)14-15-38-21(2)37/h9-12,16-20,28,41H,4-8,13-15,36H2,1-3H3,(H2,37,38)(H,39,40,43). The van der Waals surface area contributed by atoms with Crippen molar-refractivity contribution in [3.05, 3.63) is 81.1 Å². The SMILES string of the molecule is CC(N)=NCCC1(C)CCCC(c2ccc(-n3cc4cc(-c5cc(CCCC(C)N)cc(Cl)c5F)[nH]c4nc3=O)cc2)N1. The Kier molecular flexibility index (Phi) is 9.34. The molecule has 0 bridgehead atoms. The molecule has 1 aliphatic rings. The predicted molar refractivity (Wildman–Crippen MR) is 174 cm³/mol. The van der Waals surface area contributed by atoms with Crippen molar-refractivity contribution in [1.82, 2.24) is 19.9 Å². The van der Waals surface area contributed by atoms with Gasteiger partial charge in [0.2, 0.25) is 0 Å². The molecule has 0 amide bonds. The molecular formula is C33H41ClFN7O. The van der Waals surface area contributed by atoms with Gasteiger partial charge in [-0.05, 0) is 107 Å². The number of aliphatic imine (C=N–C) groups is 1. The second-order valence-corrected chi connectivity index (χ2v) is 12.6. The number of aryl methyl sites for hydroxylation is 1. The number of piperidine rings is 1. The van der Waals surface area contributed by atoms with E-state index >= 15 is 4.39 Å². The summed E-state index contributed by atoms with van der Waals surface area (Å²) in [6.07, 6.45) is 8.41. The Morgan fingerprint density at radius 3 is 2.77 bits per heavy atom. The average molecular weight is 606 g/mol. The fourth-order valence-electron chi connectivity index (χ4n) is 5.99. The van der Waals surface area contributed by atoms with Crippen molar-refractivity contribution in [1.29, 1.82) is 0 Å². The van der Waals surface area contributed by atoms with Gasteiger partial charge in [0.1, 0.15) is 5.65 Å². The number of hydrogen-bond acceptors (Lipinski definition) is 5. The topological polar surface area (TPSA) is 127 Å². The van der Waals surface area contributed by atoms with E-state index in [0.717, 1.165) is 50.5 Å². The Labute approximate surface area is 256 Å². The highest BCUT2D eigenvalue weighted by Gasteiger charge is 2.31. The minimum atomic E-state index is -0.510. The van der Waals surface area contributed by atoms with E-state index in [4.69, 9.17) is 23.1 Å². The van der Waals surface area contributed by atoms with Gasteiger partial charge in [0.25, 0.3) is 0 Å². The van der Waals surface area contributed by atoms with Crippen molar-refractivity contribution < 1.29 is 4.39 Å². The number of benzene rings is 2. The Morgan fingerprint density at radius 1 is 1.28 bits per heavy atom. The zero-order chi connectivity index (χ0) is 30.7. The number of fused-ring (bicyclic) bond motifs is 1. The summed E-state index contributed by atoms with van der Waals surface area (Å²) < 4.78 is 16.6. The molecule has 3 unspecified atom stereocenters. The molecule has 10 heteroatoms. The lowest BCUT2D eigenvalue weighted by Crippen LogP contribution is -2.48. The third-order valence-electron chi connectivity index (χ3n) is 8.35. The van der Waals surface area contributed by atoms with Gasteiger partial charge >= 0.3 is 5.69 Å². The van der Waals surface area contributed by atoms with Crippen LogP contribution in [0.15, 0.2) is 58.4 Å². The van der Waals surface area contributed by atoms with E-state index in [9.17, 15) is 4.79 Å². The monoisotopic (exact) mass is 605 g/mol. The molecule has 2 aromatic heterocycles. The maximum Gasteiger partial charge on any atom is 0.354 e. The van der Waals surface area contributed by atoms with Gasteiger partial charge < -0.3 is 21.8 Å². The fraction of sp³-hybridized carbons (Fsp3) is 0.424. The average Bonchev–Trinajstić information content (AvgIpc) is 3.36. The van der Waals surface area contributed by atoms with Crippen molar-refractivity contribution in [2.24, 2.45) is 16.5 Å². The molecule has 0 aliphatic carbocycles. The summed E-state index contributed by atoms with van der Waals surface area (Å²) in [7, 11) is 0. The lowest BCUT2D eigenvalue weighted by atomic mass is 9.83. The molecule has 228 valence electrons. The number of nitrogens with zero attached hydrogens (tertiary/aromatic N) is 3. The van der Waals surface area contributed by atoms with Crippen molar-refractivity contribution >= 4 is 28.5 Å². The van der Waals surface area contributed by atoms with Crippen LogP contribution in [0.3, 0.4) is 0 Å². The first-order chi connectivity index (χ1) is 20.5. The first-order valence-electron chi connectivity index (χ1n) is 15.0. The molecule has 4 aromatic rings. The van der Waals surface area contributed by atoms with Crippen LogP contribution < -0.4 is 22.5 Å². The van der Waals surface area contributed by atoms with Crippen LogP contribution in [0.2, 0.25) is 5.02 Å². The second-order valence-electron chi connectivity index (χ2n) is 12.2. The number of nitrogens with two attached hydrogens (primary N) is 2. The second kappa shape index (κ2) is 13.0. The molecule has 1 fully saturated rings. The van der Waals surface area contributed by atoms with E-state index in [1.54, 1.807) is 24.4 Å². The molecule has 5 rings (SSSR count).